The predicted octanol–water partition coefficient (Wildman–Crippen LogP) is 6.05. The topological polar surface area (TPSA) is 61.6 Å². The number of para-hydroxylation sites is 2. The van der Waals surface area contributed by atoms with E-state index in [2.05, 4.69) is 27.8 Å². The molecule has 1 fully saturated rings. The maximum atomic E-state index is 13.0. The van der Waals surface area contributed by atoms with Crippen molar-refractivity contribution in [1.82, 2.24) is 9.88 Å². The summed E-state index contributed by atoms with van der Waals surface area (Å²) in [4.78, 5) is 22.4. The summed E-state index contributed by atoms with van der Waals surface area (Å²) in [6.07, 6.45) is 1.95. The molecule has 1 aliphatic heterocycles. The fraction of sp³-hybridized carbons (Fsp3) is 0.200. The van der Waals surface area contributed by atoms with Crippen molar-refractivity contribution in [3.63, 3.8) is 0 Å². The summed E-state index contributed by atoms with van der Waals surface area (Å²) in [5, 5.41) is 3.57. The third-order valence-electron chi connectivity index (χ3n) is 6.30. The van der Waals surface area contributed by atoms with Gasteiger partial charge in [0.05, 0.1) is 17.1 Å². The minimum absolute atomic E-state index is 0.0940. The average molecular weight is 511 g/mol. The first-order valence-electron chi connectivity index (χ1n) is 12.4. The Hall–Kier alpha value is -3.81. The average Bonchev–Trinajstić information content (AvgIpc) is 3.38. The molecule has 0 radical (unpaired) electrons. The number of nitrogens with zero attached hydrogens (tertiary/aromatic N) is 3. The maximum Gasteiger partial charge on any atom is 0.257 e. The number of amides is 1. The number of oxazole rings is 1. The molecule has 37 heavy (non-hydrogen) atoms. The number of carbonyl (C=O) groups is 1. The number of anilines is 2. The second kappa shape index (κ2) is 12.0. The highest BCUT2D eigenvalue weighted by molar-refractivity contribution is 7.99. The van der Waals surface area contributed by atoms with E-state index in [4.69, 9.17) is 9.40 Å². The van der Waals surface area contributed by atoms with E-state index < -0.39 is 0 Å². The smallest absolute Gasteiger partial charge is 0.257 e. The molecule has 0 unspecified atom stereocenters. The minimum atomic E-state index is -0.0940. The van der Waals surface area contributed by atoms with Gasteiger partial charge in [-0.25, -0.2) is 4.98 Å². The van der Waals surface area contributed by atoms with E-state index in [-0.39, 0.29) is 11.7 Å². The van der Waals surface area contributed by atoms with Gasteiger partial charge in [0.25, 0.3) is 5.22 Å². The van der Waals surface area contributed by atoms with Crippen molar-refractivity contribution in [3.05, 3.63) is 97.6 Å². The van der Waals surface area contributed by atoms with Crippen LogP contribution in [-0.4, -0.2) is 54.3 Å². The van der Waals surface area contributed by atoms with Gasteiger partial charge >= 0.3 is 0 Å². The quantitative estimate of drug-likeness (QED) is 0.219. The number of thioether (sulfide) groups is 1. The number of carbonyl (C=O) groups excluding carboxylic acids is 1. The number of nitrogens with one attached hydrogen (secondary N) is 1. The lowest BCUT2D eigenvalue weighted by molar-refractivity contribution is -0.113. The molecule has 1 aromatic heterocycles. The molecule has 1 saturated heterocycles. The summed E-state index contributed by atoms with van der Waals surface area (Å²) in [5.41, 5.74) is 4.58. The molecule has 1 N–H and O–H groups in total. The highest BCUT2D eigenvalue weighted by Gasteiger charge is 2.20. The Morgan fingerprint density at radius 3 is 2.27 bits per heavy atom. The van der Waals surface area contributed by atoms with Crippen LogP contribution in [0.2, 0.25) is 0 Å². The van der Waals surface area contributed by atoms with Crippen LogP contribution in [0.3, 0.4) is 0 Å². The molecule has 3 aromatic carbocycles. The summed E-state index contributed by atoms with van der Waals surface area (Å²) in [5.74, 6) is 0.809. The van der Waals surface area contributed by atoms with Gasteiger partial charge < -0.3 is 14.6 Å². The summed E-state index contributed by atoms with van der Waals surface area (Å²) in [7, 11) is 0. The molecule has 7 heteroatoms. The van der Waals surface area contributed by atoms with Crippen LogP contribution in [0.4, 0.5) is 11.4 Å². The zero-order chi connectivity index (χ0) is 25.5. The number of hydrogen-bond acceptors (Lipinski definition) is 6. The van der Waals surface area contributed by atoms with E-state index in [0.29, 0.717) is 11.0 Å². The molecule has 0 aliphatic carbocycles. The van der Waals surface area contributed by atoms with Crippen LogP contribution < -0.4 is 10.2 Å². The maximum absolute atomic E-state index is 13.0. The number of benzene rings is 3. The Morgan fingerprint density at radius 2 is 1.57 bits per heavy atom. The molecule has 0 atom stereocenters. The molecule has 2 heterocycles. The highest BCUT2D eigenvalue weighted by Crippen LogP contribution is 2.35. The zero-order valence-corrected chi connectivity index (χ0v) is 21.5. The molecule has 6 nitrogen and oxygen atoms in total. The van der Waals surface area contributed by atoms with E-state index >= 15 is 0 Å². The first-order chi connectivity index (χ1) is 18.2. The molecule has 0 spiro atoms. The Balaban J connectivity index is 1.27. The van der Waals surface area contributed by atoms with Crippen molar-refractivity contribution < 1.29 is 9.21 Å². The summed E-state index contributed by atoms with van der Waals surface area (Å²) in [6, 6.07) is 27.9. The second-order valence-electron chi connectivity index (χ2n) is 8.82. The molecule has 0 bridgehead atoms. The molecule has 0 saturated carbocycles. The van der Waals surface area contributed by atoms with Crippen LogP contribution >= 0.6 is 11.8 Å². The Labute approximate surface area is 222 Å². The lowest BCUT2D eigenvalue weighted by atomic mass is 10.1. The van der Waals surface area contributed by atoms with Crippen LogP contribution in [0.25, 0.3) is 22.6 Å². The van der Waals surface area contributed by atoms with Crippen LogP contribution in [0.15, 0.2) is 107 Å². The Bertz CT molecular complexity index is 1280. The van der Waals surface area contributed by atoms with Crippen LogP contribution in [0.5, 0.6) is 0 Å². The third-order valence-corrected chi connectivity index (χ3v) is 7.12. The number of piperazine rings is 1. The van der Waals surface area contributed by atoms with E-state index in [1.807, 2.05) is 84.9 Å². The van der Waals surface area contributed by atoms with Crippen molar-refractivity contribution in [2.45, 2.75) is 5.22 Å². The zero-order valence-electron chi connectivity index (χ0n) is 20.7. The van der Waals surface area contributed by atoms with Crippen LogP contribution in [0, 0.1) is 0 Å². The Morgan fingerprint density at radius 1 is 0.919 bits per heavy atom. The third kappa shape index (κ3) is 6.13. The first kappa shape index (κ1) is 24.9. The van der Waals surface area contributed by atoms with Gasteiger partial charge in [-0.2, -0.15) is 0 Å². The summed E-state index contributed by atoms with van der Waals surface area (Å²) in [6.45, 7) is 8.52. The van der Waals surface area contributed by atoms with E-state index in [0.717, 1.165) is 60.9 Å². The molecule has 4 aromatic rings. The van der Waals surface area contributed by atoms with Crippen molar-refractivity contribution in [2.24, 2.45) is 0 Å². The molecule has 1 aliphatic rings. The fourth-order valence-corrected chi connectivity index (χ4v) is 5.09. The van der Waals surface area contributed by atoms with Crippen LogP contribution in [0.1, 0.15) is 0 Å². The number of aromatic nitrogens is 1. The predicted molar refractivity (Wildman–Crippen MR) is 152 cm³/mol. The second-order valence-corrected chi connectivity index (χ2v) is 9.75. The largest absolute Gasteiger partial charge is 0.431 e. The molecule has 5 rings (SSSR count). The van der Waals surface area contributed by atoms with Gasteiger partial charge in [-0.05, 0) is 12.1 Å². The molecule has 188 valence electrons. The van der Waals surface area contributed by atoms with E-state index in [9.17, 15) is 4.79 Å². The van der Waals surface area contributed by atoms with Gasteiger partial charge in [0.15, 0.2) is 5.76 Å². The van der Waals surface area contributed by atoms with Crippen molar-refractivity contribution in [1.29, 1.82) is 0 Å². The summed E-state index contributed by atoms with van der Waals surface area (Å²) < 4.78 is 6.16. The molecular weight excluding hydrogens is 480 g/mol. The lowest BCUT2D eigenvalue weighted by Gasteiger charge is -2.36. The number of rotatable bonds is 9. The van der Waals surface area contributed by atoms with E-state index in [1.54, 1.807) is 0 Å². The van der Waals surface area contributed by atoms with Gasteiger partial charge in [-0.15, -0.1) is 6.58 Å². The van der Waals surface area contributed by atoms with Gasteiger partial charge in [0.2, 0.25) is 5.91 Å². The van der Waals surface area contributed by atoms with Gasteiger partial charge in [-0.1, -0.05) is 90.6 Å². The van der Waals surface area contributed by atoms with Crippen LogP contribution in [-0.2, 0) is 4.79 Å². The summed E-state index contributed by atoms with van der Waals surface area (Å²) >= 11 is 1.30. The SMILES string of the molecule is C=CCN1CCN(c2ccccc2NC(=O)CSc2nc(-c3ccccc3)c(-c3ccccc3)o2)CC1. The highest BCUT2D eigenvalue weighted by atomic mass is 32.2. The van der Waals surface area contributed by atoms with Gasteiger partial charge in [0, 0.05) is 43.9 Å². The van der Waals surface area contributed by atoms with Crippen molar-refractivity contribution >= 4 is 29.0 Å². The number of hydrogen-bond donors (Lipinski definition) is 1. The van der Waals surface area contributed by atoms with Gasteiger partial charge in [-0.3, -0.25) is 9.69 Å². The Kier molecular flexibility index (Phi) is 8.03. The van der Waals surface area contributed by atoms with E-state index in [1.165, 1.54) is 11.8 Å². The fourth-order valence-electron chi connectivity index (χ4n) is 4.46. The standard InChI is InChI=1S/C30H30N4O2S/c1-2-17-33-18-20-34(21-19-33)26-16-10-9-15-25(26)31-27(35)22-37-30-32-28(23-11-5-3-6-12-23)29(36-30)24-13-7-4-8-14-24/h2-16H,1,17-22H2,(H,31,35). The monoisotopic (exact) mass is 510 g/mol. The van der Waals surface area contributed by atoms with Crippen molar-refractivity contribution in [3.8, 4) is 22.6 Å². The minimum Gasteiger partial charge on any atom is -0.431 e. The van der Waals surface area contributed by atoms with Gasteiger partial charge in [0.1, 0.15) is 5.69 Å². The molecular formula is C30H30N4O2S. The lowest BCUT2D eigenvalue weighted by Crippen LogP contribution is -2.46. The normalized spacial score (nSPS) is 13.9. The molecule has 1 amide bonds. The van der Waals surface area contributed by atoms with Crippen molar-refractivity contribution in [2.75, 3.05) is 48.7 Å². The first-order valence-corrected chi connectivity index (χ1v) is 13.4.